The van der Waals surface area contributed by atoms with Gasteiger partial charge in [0.25, 0.3) is 5.69 Å². The van der Waals surface area contributed by atoms with Crippen LogP contribution in [0.25, 0.3) is 0 Å². The fourth-order valence-electron chi connectivity index (χ4n) is 2.96. The molecule has 0 saturated carbocycles. The number of nitro groups is 1. The summed E-state index contributed by atoms with van der Waals surface area (Å²) in [5, 5.41) is 16.9. The van der Waals surface area contributed by atoms with Gasteiger partial charge in [-0.05, 0) is 57.6 Å². The zero-order valence-corrected chi connectivity index (χ0v) is 14.4. The molecule has 0 radical (unpaired) electrons. The second-order valence-corrected chi connectivity index (χ2v) is 6.27. The molecule has 0 bridgehead atoms. The number of hydrogen-bond donors (Lipinski definition) is 2. The monoisotopic (exact) mass is 331 g/mol. The second-order valence-electron chi connectivity index (χ2n) is 6.27. The molecular weight excluding hydrogens is 306 g/mol. The Morgan fingerprint density at radius 1 is 1.25 bits per heavy atom. The van der Waals surface area contributed by atoms with Gasteiger partial charge in [0.05, 0.1) is 11.5 Å². The molecule has 0 saturated heterocycles. The predicted molar refractivity (Wildman–Crippen MR) is 95.2 cm³/mol. The van der Waals surface area contributed by atoms with Crippen molar-refractivity contribution >= 4 is 17.3 Å². The van der Waals surface area contributed by atoms with Crippen LogP contribution < -0.4 is 10.6 Å². The number of nitrogens with zero attached hydrogens (tertiary/aromatic N) is 1. The van der Waals surface area contributed by atoms with Gasteiger partial charge in [0.1, 0.15) is 0 Å². The number of benzene rings is 1. The molecule has 130 valence electrons. The van der Waals surface area contributed by atoms with Gasteiger partial charge in [-0.1, -0.05) is 11.6 Å². The number of aryl methyl sites for hydroxylation is 2. The molecule has 0 atom stereocenters. The number of carbonyl (C=O) groups excluding carboxylic acids is 1. The molecular formula is C18H25N3O3. The van der Waals surface area contributed by atoms with Crippen molar-refractivity contribution in [3.63, 3.8) is 0 Å². The number of amides is 1. The number of anilines is 1. The van der Waals surface area contributed by atoms with Gasteiger partial charge in [-0.3, -0.25) is 14.9 Å². The smallest absolute Gasteiger partial charge is 0.274 e. The third-order valence-electron chi connectivity index (χ3n) is 4.33. The largest absolute Gasteiger partial charge is 0.376 e. The molecule has 0 spiro atoms. The van der Waals surface area contributed by atoms with E-state index in [-0.39, 0.29) is 18.1 Å². The third-order valence-corrected chi connectivity index (χ3v) is 4.33. The van der Waals surface area contributed by atoms with Crippen molar-refractivity contribution in [3.05, 3.63) is 45.0 Å². The Labute approximate surface area is 142 Å². The first kappa shape index (κ1) is 18.0. The van der Waals surface area contributed by atoms with Crippen molar-refractivity contribution in [1.82, 2.24) is 5.32 Å². The lowest BCUT2D eigenvalue weighted by Gasteiger charge is -2.14. The van der Waals surface area contributed by atoms with E-state index in [9.17, 15) is 14.9 Å². The molecule has 0 unspecified atom stereocenters. The van der Waals surface area contributed by atoms with Gasteiger partial charge in [-0.25, -0.2) is 0 Å². The van der Waals surface area contributed by atoms with E-state index in [4.69, 9.17) is 0 Å². The molecule has 2 rings (SSSR count). The van der Waals surface area contributed by atoms with E-state index in [1.807, 2.05) is 6.92 Å². The molecule has 24 heavy (non-hydrogen) atoms. The summed E-state index contributed by atoms with van der Waals surface area (Å²) >= 11 is 0. The topological polar surface area (TPSA) is 84.3 Å². The normalized spacial score (nSPS) is 14.0. The lowest BCUT2D eigenvalue weighted by Crippen LogP contribution is -2.31. The van der Waals surface area contributed by atoms with Crippen molar-refractivity contribution in [2.24, 2.45) is 0 Å². The molecule has 1 amide bonds. The van der Waals surface area contributed by atoms with E-state index in [1.165, 1.54) is 24.5 Å². The Hall–Kier alpha value is -2.37. The number of nitro benzene ring substituents is 1. The summed E-state index contributed by atoms with van der Waals surface area (Å²) in [4.78, 5) is 22.5. The van der Waals surface area contributed by atoms with Gasteiger partial charge in [-0.2, -0.15) is 0 Å². The van der Waals surface area contributed by atoms with Crippen LogP contribution in [-0.2, 0) is 4.79 Å². The molecule has 1 aromatic rings. The third kappa shape index (κ3) is 5.08. The first-order valence-corrected chi connectivity index (χ1v) is 8.41. The fraction of sp³-hybridized carbons (Fsp3) is 0.500. The Balaban J connectivity index is 1.82. The van der Waals surface area contributed by atoms with Crippen LogP contribution in [0.5, 0.6) is 0 Å². The molecule has 1 aromatic carbocycles. The van der Waals surface area contributed by atoms with E-state index in [1.54, 1.807) is 13.0 Å². The Bertz CT molecular complexity index is 653. The van der Waals surface area contributed by atoms with E-state index >= 15 is 0 Å². The molecule has 6 heteroatoms. The highest BCUT2D eigenvalue weighted by atomic mass is 16.6. The first-order chi connectivity index (χ1) is 11.5. The maximum atomic E-state index is 11.9. The summed E-state index contributed by atoms with van der Waals surface area (Å²) in [5.74, 6) is -0.103. The van der Waals surface area contributed by atoms with Crippen molar-refractivity contribution in [2.45, 2.75) is 46.0 Å². The van der Waals surface area contributed by atoms with Crippen LogP contribution in [0.2, 0.25) is 0 Å². The molecule has 0 fully saturated rings. The maximum absolute atomic E-state index is 11.9. The van der Waals surface area contributed by atoms with Gasteiger partial charge in [0, 0.05) is 23.9 Å². The van der Waals surface area contributed by atoms with Crippen LogP contribution >= 0.6 is 0 Å². The van der Waals surface area contributed by atoms with E-state index in [0.29, 0.717) is 17.8 Å². The highest BCUT2D eigenvalue weighted by Crippen LogP contribution is 2.26. The zero-order chi connectivity index (χ0) is 17.5. The predicted octanol–water partition coefficient (Wildman–Crippen LogP) is 3.63. The van der Waals surface area contributed by atoms with Gasteiger partial charge in [0.15, 0.2) is 0 Å². The zero-order valence-electron chi connectivity index (χ0n) is 14.4. The van der Waals surface area contributed by atoms with Crippen LogP contribution in [0.15, 0.2) is 23.8 Å². The molecule has 0 aromatic heterocycles. The van der Waals surface area contributed by atoms with Gasteiger partial charge >= 0.3 is 0 Å². The first-order valence-electron chi connectivity index (χ1n) is 8.41. The van der Waals surface area contributed by atoms with Crippen LogP contribution in [0.3, 0.4) is 0 Å². The number of nitrogens with one attached hydrogen (secondary N) is 2. The number of allylic oxidation sites excluding steroid dienone is 1. The van der Waals surface area contributed by atoms with Crippen LogP contribution in [0, 0.1) is 24.0 Å². The van der Waals surface area contributed by atoms with Gasteiger partial charge in [-0.15, -0.1) is 0 Å². The maximum Gasteiger partial charge on any atom is 0.274 e. The highest BCUT2D eigenvalue weighted by molar-refractivity contribution is 5.81. The summed E-state index contributed by atoms with van der Waals surface area (Å²) in [6.45, 7) is 4.33. The van der Waals surface area contributed by atoms with Crippen molar-refractivity contribution in [2.75, 3.05) is 18.4 Å². The molecule has 1 aliphatic rings. The summed E-state index contributed by atoms with van der Waals surface area (Å²) in [5.41, 5.74) is 3.62. The number of carbonyl (C=O) groups is 1. The summed E-state index contributed by atoms with van der Waals surface area (Å²) < 4.78 is 0. The summed E-state index contributed by atoms with van der Waals surface area (Å²) in [6.07, 6.45) is 7.98. The molecule has 0 aliphatic heterocycles. The standard InChI is InChI=1S/C18H25N3O3/c1-13-10-14(2)17(21(23)24)11-16(13)20-12-18(22)19-9-8-15-6-4-3-5-7-15/h6,10-11,20H,3-5,7-9,12H2,1-2H3,(H,19,22). The lowest BCUT2D eigenvalue weighted by atomic mass is 9.97. The Morgan fingerprint density at radius 3 is 2.71 bits per heavy atom. The minimum atomic E-state index is -0.405. The Morgan fingerprint density at radius 2 is 2.04 bits per heavy atom. The van der Waals surface area contributed by atoms with Crippen molar-refractivity contribution in [3.8, 4) is 0 Å². The van der Waals surface area contributed by atoms with E-state index in [2.05, 4.69) is 16.7 Å². The summed E-state index contributed by atoms with van der Waals surface area (Å²) in [7, 11) is 0. The minimum Gasteiger partial charge on any atom is -0.376 e. The van der Waals surface area contributed by atoms with Crippen LogP contribution in [0.1, 0.15) is 43.2 Å². The fourth-order valence-corrected chi connectivity index (χ4v) is 2.96. The highest BCUT2D eigenvalue weighted by Gasteiger charge is 2.14. The lowest BCUT2D eigenvalue weighted by molar-refractivity contribution is -0.385. The second kappa shape index (κ2) is 8.47. The summed E-state index contributed by atoms with van der Waals surface area (Å²) in [6, 6.07) is 3.25. The van der Waals surface area contributed by atoms with E-state index < -0.39 is 4.92 Å². The van der Waals surface area contributed by atoms with Crippen molar-refractivity contribution < 1.29 is 9.72 Å². The average molecular weight is 331 g/mol. The number of rotatable bonds is 7. The Kier molecular flexibility index (Phi) is 6.35. The molecule has 1 aliphatic carbocycles. The average Bonchev–Trinajstić information content (AvgIpc) is 2.54. The molecule has 2 N–H and O–H groups in total. The van der Waals surface area contributed by atoms with Crippen molar-refractivity contribution in [1.29, 1.82) is 0 Å². The van der Waals surface area contributed by atoms with Crippen LogP contribution in [0.4, 0.5) is 11.4 Å². The minimum absolute atomic E-state index is 0.0627. The SMILES string of the molecule is Cc1cc(C)c([N+](=O)[O-])cc1NCC(=O)NCCC1=CCCCC1. The quantitative estimate of drug-likeness (QED) is 0.454. The van der Waals surface area contributed by atoms with E-state index in [0.717, 1.165) is 24.8 Å². The van der Waals surface area contributed by atoms with Crippen LogP contribution in [-0.4, -0.2) is 23.9 Å². The molecule has 6 nitrogen and oxygen atoms in total. The van der Waals surface area contributed by atoms with Gasteiger partial charge in [0.2, 0.25) is 5.91 Å². The molecule has 0 heterocycles. The van der Waals surface area contributed by atoms with Gasteiger partial charge < -0.3 is 10.6 Å². The number of hydrogen-bond acceptors (Lipinski definition) is 4.